The van der Waals surface area contributed by atoms with Crippen LogP contribution in [0.4, 0.5) is 0 Å². The lowest BCUT2D eigenvalue weighted by Crippen LogP contribution is -2.63. The largest absolute Gasteiger partial charge is 0.306 e. The summed E-state index contributed by atoms with van der Waals surface area (Å²) in [5, 5.41) is 0. The van der Waals surface area contributed by atoms with Crippen molar-refractivity contribution in [2.75, 3.05) is 46.3 Å². The molecule has 2 aliphatic heterocycles. The molecule has 33 heavy (non-hydrogen) atoms. The number of nitrogens with zero attached hydrogens (tertiary/aromatic N) is 3. The molecule has 3 nitrogen and oxygen atoms in total. The summed E-state index contributed by atoms with van der Waals surface area (Å²) in [4.78, 5) is 8.04. The van der Waals surface area contributed by atoms with E-state index >= 15 is 0 Å². The Morgan fingerprint density at radius 1 is 0.727 bits per heavy atom. The maximum atomic E-state index is 2.79. The standard InChI is InChI=1S/C25H51N3.C4H10.CH4/c1-11-23(4,5)25(8,9)28-18-16-27(17-19-28)24(6,7)20-22(2,3)21-12-14-26(10)15-13-21;1-4(2)3;/h21H,11-20H2,1-10H3;4H,1-3H3;1H4. The Kier molecular flexibility index (Phi) is 12.7. The van der Waals surface area contributed by atoms with Crippen LogP contribution in [-0.2, 0) is 0 Å². The summed E-state index contributed by atoms with van der Waals surface area (Å²) < 4.78 is 0. The van der Waals surface area contributed by atoms with Crippen molar-refractivity contribution in [1.29, 1.82) is 0 Å². The van der Waals surface area contributed by atoms with Crippen molar-refractivity contribution in [1.82, 2.24) is 14.7 Å². The van der Waals surface area contributed by atoms with E-state index in [4.69, 9.17) is 0 Å². The minimum absolute atomic E-state index is 0. The van der Waals surface area contributed by atoms with Crippen LogP contribution in [0.3, 0.4) is 0 Å². The van der Waals surface area contributed by atoms with Crippen molar-refractivity contribution in [2.24, 2.45) is 22.7 Å². The molecule has 0 radical (unpaired) electrons. The Morgan fingerprint density at radius 2 is 1.12 bits per heavy atom. The minimum Gasteiger partial charge on any atom is -0.306 e. The van der Waals surface area contributed by atoms with E-state index in [0.717, 1.165) is 11.8 Å². The van der Waals surface area contributed by atoms with E-state index in [1.807, 2.05) is 0 Å². The first kappa shape index (κ1) is 32.9. The highest BCUT2D eigenvalue weighted by Crippen LogP contribution is 2.43. The molecule has 0 saturated carbocycles. The van der Waals surface area contributed by atoms with Gasteiger partial charge in [0.2, 0.25) is 0 Å². The van der Waals surface area contributed by atoms with Gasteiger partial charge in [0, 0.05) is 37.3 Å². The van der Waals surface area contributed by atoms with Crippen molar-refractivity contribution >= 4 is 0 Å². The normalized spacial score (nSPS) is 20.9. The maximum Gasteiger partial charge on any atom is 0.0205 e. The zero-order valence-corrected chi connectivity index (χ0v) is 24.6. The van der Waals surface area contributed by atoms with Crippen LogP contribution < -0.4 is 0 Å². The second kappa shape index (κ2) is 12.7. The van der Waals surface area contributed by atoms with Gasteiger partial charge >= 0.3 is 0 Å². The highest BCUT2D eigenvalue weighted by atomic mass is 15.3. The van der Waals surface area contributed by atoms with Gasteiger partial charge in [0.25, 0.3) is 0 Å². The first-order chi connectivity index (χ1) is 14.5. The average molecular weight is 468 g/mol. The van der Waals surface area contributed by atoms with Crippen molar-refractivity contribution in [2.45, 2.75) is 127 Å². The lowest BCUT2D eigenvalue weighted by molar-refractivity contribution is -0.0532. The molecule has 0 aromatic rings. The van der Waals surface area contributed by atoms with E-state index in [2.05, 4.69) is 105 Å². The smallest absolute Gasteiger partial charge is 0.0205 e. The SMILES string of the molecule is C.CC(C)C.CCC(C)(C)C(C)(C)N1CCN(C(C)(C)CC(C)(C)C2CCN(C)CC2)CC1. The molecule has 0 unspecified atom stereocenters. The fourth-order valence-electron chi connectivity index (χ4n) is 5.89. The molecule has 3 heteroatoms. The zero-order valence-electron chi connectivity index (χ0n) is 24.6. The second-order valence-electron chi connectivity index (χ2n) is 14.1. The fourth-order valence-corrected chi connectivity index (χ4v) is 5.89. The zero-order chi connectivity index (χ0) is 25.0. The van der Waals surface area contributed by atoms with E-state index in [-0.39, 0.29) is 18.5 Å². The lowest BCUT2D eigenvalue weighted by Gasteiger charge is -2.55. The molecule has 200 valence electrons. The highest BCUT2D eigenvalue weighted by Gasteiger charge is 2.44. The molecule has 0 aliphatic carbocycles. The molecule has 0 aromatic carbocycles. The minimum atomic E-state index is 0. The van der Waals surface area contributed by atoms with Crippen LogP contribution in [0.5, 0.6) is 0 Å². The number of likely N-dealkylation sites (tertiary alicyclic amines) is 1. The third-order valence-electron chi connectivity index (χ3n) is 9.18. The number of rotatable bonds is 7. The van der Waals surface area contributed by atoms with Gasteiger partial charge in [0.1, 0.15) is 0 Å². The Morgan fingerprint density at radius 3 is 1.52 bits per heavy atom. The molecule has 2 fully saturated rings. The highest BCUT2D eigenvalue weighted by molar-refractivity contribution is 4.99. The van der Waals surface area contributed by atoms with Crippen LogP contribution in [-0.4, -0.2) is 72.1 Å². The molecule has 0 atom stereocenters. The van der Waals surface area contributed by atoms with E-state index in [0.29, 0.717) is 10.8 Å². The molecule has 2 aliphatic rings. The first-order valence-corrected chi connectivity index (χ1v) is 13.6. The van der Waals surface area contributed by atoms with E-state index in [1.54, 1.807) is 0 Å². The Hall–Kier alpha value is -0.120. The lowest BCUT2D eigenvalue weighted by atomic mass is 9.67. The number of piperidine rings is 1. The summed E-state index contributed by atoms with van der Waals surface area (Å²) >= 11 is 0. The molecule has 0 N–H and O–H groups in total. The summed E-state index contributed by atoms with van der Waals surface area (Å²) in [5.74, 6) is 1.70. The molecule has 2 rings (SSSR count). The van der Waals surface area contributed by atoms with Crippen molar-refractivity contribution in [3.8, 4) is 0 Å². The quantitative estimate of drug-likeness (QED) is 0.380. The summed E-state index contributed by atoms with van der Waals surface area (Å²) in [6, 6.07) is 0. The third kappa shape index (κ3) is 9.12. The maximum absolute atomic E-state index is 2.79. The van der Waals surface area contributed by atoms with Gasteiger partial charge in [-0.05, 0) is 96.2 Å². The van der Waals surface area contributed by atoms with Gasteiger partial charge in [-0.25, -0.2) is 0 Å². The second-order valence-corrected chi connectivity index (χ2v) is 14.1. The van der Waals surface area contributed by atoms with Gasteiger partial charge in [-0.3, -0.25) is 9.80 Å². The molecule has 0 aromatic heterocycles. The van der Waals surface area contributed by atoms with Crippen LogP contribution in [0.25, 0.3) is 0 Å². The monoisotopic (exact) mass is 468 g/mol. The molecule has 0 spiro atoms. The molecule has 0 amide bonds. The Balaban J connectivity index is 0.00000189. The molecule has 2 heterocycles. The van der Waals surface area contributed by atoms with Crippen LogP contribution in [0.2, 0.25) is 0 Å². The van der Waals surface area contributed by atoms with Gasteiger partial charge in [0.15, 0.2) is 0 Å². The summed E-state index contributed by atoms with van der Waals surface area (Å²) in [5.41, 5.74) is 1.31. The first-order valence-electron chi connectivity index (χ1n) is 13.6. The van der Waals surface area contributed by atoms with Crippen molar-refractivity contribution < 1.29 is 0 Å². The van der Waals surface area contributed by atoms with Crippen LogP contribution in [0, 0.1) is 22.7 Å². The van der Waals surface area contributed by atoms with Crippen molar-refractivity contribution in [3.63, 3.8) is 0 Å². The predicted molar refractivity (Wildman–Crippen MR) is 151 cm³/mol. The number of hydrogen-bond acceptors (Lipinski definition) is 3. The topological polar surface area (TPSA) is 9.72 Å². The van der Waals surface area contributed by atoms with E-state index in [1.165, 1.54) is 65.0 Å². The summed E-state index contributed by atoms with van der Waals surface area (Å²) in [6.07, 6.45) is 5.27. The van der Waals surface area contributed by atoms with Gasteiger partial charge in [-0.2, -0.15) is 0 Å². The molecular weight excluding hydrogens is 402 g/mol. The molecule has 0 bridgehead atoms. The summed E-state index contributed by atoms with van der Waals surface area (Å²) in [7, 11) is 2.27. The van der Waals surface area contributed by atoms with E-state index in [9.17, 15) is 0 Å². The van der Waals surface area contributed by atoms with Gasteiger partial charge in [-0.15, -0.1) is 0 Å². The fraction of sp³-hybridized carbons (Fsp3) is 1.00. The summed E-state index contributed by atoms with van der Waals surface area (Å²) in [6.45, 7) is 36.1. The van der Waals surface area contributed by atoms with Crippen LogP contribution >= 0.6 is 0 Å². The Labute approximate surface area is 211 Å². The van der Waals surface area contributed by atoms with Gasteiger partial charge < -0.3 is 4.90 Å². The molecule has 2 saturated heterocycles. The molecular formula is C30H65N3. The van der Waals surface area contributed by atoms with Gasteiger partial charge in [0.05, 0.1) is 0 Å². The van der Waals surface area contributed by atoms with Gasteiger partial charge in [-0.1, -0.05) is 62.8 Å². The average Bonchev–Trinajstić information content (AvgIpc) is 2.67. The number of piperazine rings is 1. The van der Waals surface area contributed by atoms with Crippen LogP contribution in [0.15, 0.2) is 0 Å². The van der Waals surface area contributed by atoms with Crippen LogP contribution in [0.1, 0.15) is 116 Å². The Bertz CT molecular complexity index is 528. The number of hydrogen-bond donors (Lipinski definition) is 0. The predicted octanol–water partition coefficient (Wildman–Crippen LogP) is 7.65. The van der Waals surface area contributed by atoms with E-state index < -0.39 is 0 Å². The third-order valence-corrected chi connectivity index (χ3v) is 9.18. The van der Waals surface area contributed by atoms with Crippen molar-refractivity contribution in [3.05, 3.63) is 0 Å².